The first-order chi connectivity index (χ1) is 13.6. The van der Waals surface area contributed by atoms with Crippen molar-refractivity contribution in [2.45, 2.75) is 0 Å². The molecule has 28 heavy (non-hydrogen) atoms. The molecule has 1 aliphatic rings. The number of piperazine rings is 1. The molecular weight excluding hydrogens is 363 g/mol. The van der Waals surface area contributed by atoms with Crippen molar-refractivity contribution in [2.75, 3.05) is 44.8 Å². The molecule has 0 radical (unpaired) electrons. The molecule has 0 bridgehead atoms. The SMILES string of the molecule is COc1ccc(N2CCN(C(=O)CO/N=C(/N)c3ccc(F)cc3)CC2)cc1. The molecule has 1 heterocycles. The van der Waals surface area contributed by atoms with Gasteiger partial charge in [-0.3, -0.25) is 4.79 Å². The summed E-state index contributed by atoms with van der Waals surface area (Å²) in [7, 11) is 1.64. The summed E-state index contributed by atoms with van der Waals surface area (Å²) in [4.78, 5) is 21.3. The summed E-state index contributed by atoms with van der Waals surface area (Å²) >= 11 is 0. The molecule has 0 saturated carbocycles. The maximum absolute atomic E-state index is 12.9. The third-order valence-corrected chi connectivity index (χ3v) is 4.56. The lowest BCUT2D eigenvalue weighted by molar-refractivity contribution is -0.136. The number of amidine groups is 1. The van der Waals surface area contributed by atoms with Crippen molar-refractivity contribution >= 4 is 17.4 Å². The number of benzene rings is 2. The summed E-state index contributed by atoms with van der Waals surface area (Å²) in [5.74, 6) is 0.402. The third kappa shape index (κ3) is 4.91. The summed E-state index contributed by atoms with van der Waals surface area (Å²) < 4.78 is 18.1. The van der Waals surface area contributed by atoms with Gasteiger partial charge >= 0.3 is 0 Å². The van der Waals surface area contributed by atoms with Gasteiger partial charge in [0.05, 0.1) is 7.11 Å². The van der Waals surface area contributed by atoms with Crippen LogP contribution < -0.4 is 15.4 Å². The van der Waals surface area contributed by atoms with Gasteiger partial charge in [-0.05, 0) is 48.5 Å². The Morgan fingerprint density at radius 3 is 2.32 bits per heavy atom. The zero-order valence-corrected chi connectivity index (χ0v) is 15.7. The maximum atomic E-state index is 12.9. The average Bonchev–Trinajstić information content (AvgIpc) is 2.74. The summed E-state index contributed by atoms with van der Waals surface area (Å²) in [5, 5.41) is 3.74. The van der Waals surface area contributed by atoms with Crippen molar-refractivity contribution in [3.63, 3.8) is 0 Å². The second-order valence-corrected chi connectivity index (χ2v) is 6.32. The van der Waals surface area contributed by atoms with Crippen LogP contribution in [0.2, 0.25) is 0 Å². The average molecular weight is 386 g/mol. The van der Waals surface area contributed by atoms with Gasteiger partial charge < -0.3 is 25.1 Å². The van der Waals surface area contributed by atoms with Crippen LogP contribution in [0.4, 0.5) is 10.1 Å². The highest BCUT2D eigenvalue weighted by molar-refractivity contribution is 5.97. The van der Waals surface area contributed by atoms with Crippen LogP contribution >= 0.6 is 0 Å². The number of ether oxygens (including phenoxy) is 1. The van der Waals surface area contributed by atoms with E-state index in [4.69, 9.17) is 15.3 Å². The first-order valence-corrected chi connectivity index (χ1v) is 8.95. The van der Waals surface area contributed by atoms with Gasteiger partial charge in [-0.1, -0.05) is 5.16 Å². The van der Waals surface area contributed by atoms with E-state index in [1.54, 1.807) is 12.0 Å². The van der Waals surface area contributed by atoms with Crippen LogP contribution in [0.25, 0.3) is 0 Å². The number of oxime groups is 1. The fourth-order valence-corrected chi connectivity index (χ4v) is 2.93. The van der Waals surface area contributed by atoms with E-state index in [-0.39, 0.29) is 24.2 Å². The van der Waals surface area contributed by atoms with Crippen LogP contribution in [0.1, 0.15) is 5.56 Å². The van der Waals surface area contributed by atoms with Crippen molar-refractivity contribution < 1.29 is 18.8 Å². The molecule has 1 aliphatic heterocycles. The predicted octanol–water partition coefficient (Wildman–Crippen LogP) is 1.82. The summed E-state index contributed by atoms with van der Waals surface area (Å²) in [6.45, 7) is 2.49. The number of nitrogens with two attached hydrogens (primary N) is 1. The number of halogens is 1. The van der Waals surface area contributed by atoms with E-state index < -0.39 is 0 Å². The minimum atomic E-state index is -0.360. The van der Waals surface area contributed by atoms with Gasteiger partial charge in [0.15, 0.2) is 12.4 Å². The van der Waals surface area contributed by atoms with Gasteiger partial charge in [-0.2, -0.15) is 0 Å². The van der Waals surface area contributed by atoms with Crippen LogP contribution in [0, 0.1) is 5.82 Å². The first kappa shape index (κ1) is 19.5. The summed E-state index contributed by atoms with van der Waals surface area (Å²) in [6, 6.07) is 13.4. The van der Waals surface area contributed by atoms with Gasteiger partial charge in [0.1, 0.15) is 11.6 Å². The van der Waals surface area contributed by atoms with E-state index in [1.807, 2.05) is 24.3 Å². The number of hydrogen-bond acceptors (Lipinski definition) is 5. The molecule has 1 saturated heterocycles. The van der Waals surface area contributed by atoms with Crippen LogP contribution in [-0.2, 0) is 9.63 Å². The van der Waals surface area contributed by atoms with E-state index in [1.165, 1.54) is 24.3 Å². The van der Waals surface area contributed by atoms with Crippen LogP contribution in [-0.4, -0.2) is 56.5 Å². The highest BCUT2D eigenvalue weighted by atomic mass is 19.1. The summed E-state index contributed by atoms with van der Waals surface area (Å²) in [6.07, 6.45) is 0. The van der Waals surface area contributed by atoms with Gasteiger partial charge in [-0.15, -0.1) is 0 Å². The number of carbonyl (C=O) groups excluding carboxylic acids is 1. The molecule has 2 aromatic rings. The smallest absolute Gasteiger partial charge is 0.263 e. The molecule has 3 rings (SSSR count). The lowest BCUT2D eigenvalue weighted by Crippen LogP contribution is -2.49. The number of nitrogens with zero attached hydrogens (tertiary/aromatic N) is 3. The molecule has 0 unspecified atom stereocenters. The maximum Gasteiger partial charge on any atom is 0.263 e. The van der Waals surface area contributed by atoms with Crippen molar-refractivity contribution in [3.05, 3.63) is 59.9 Å². The van der Waals surface area contributed by atoms with E-state index >= 15 is 0 Å². The van der Waals surface area contributed by atoms with Crippen LogP contribution in [0.5, 0.6) is 5.75 Å². The van der Waals surface area contributed by atoms with E-state index in [9.17, 15) is 9.18 Å². The largest absolute Gasteiger partial charge is 0.497 e. The molecular formula is C20H23FN4O3. The Morgan fingerprint density at radius 2 is 1.71 bits per heavy atom. The molecule has 8 heteroatoms. The number of hydrogen-bond donors (Lipinski definition) is 1. The molecule has 0 atom stereocenters. The Bertz CT molecular complexity index is 816. The monoisotopic (exact) mass is 386 g/mol. The molecule has 1 fully saturated rings. The Balaban J connectivity index is 1.45. The second-order valence-electron chi connectivity index (χ2n) is 6.32. The fraction of sp³-hybridized carbons (Fsp3) is 0.300. The molecule has 2 N–H and O–H groups in total. The Kier molecular flexibility index (Phi) is 6.31. The zero-order chi connectivity index (χ0) is 19.9. The van der Waals surface area contributed by atoms with Crippen LogP contribution in [0.3, 0.4) is 0 Å². The van der Waals surface area contributed by atoms with Crippen molar-refractivity contribution in [1.29, 1.82) is 0 Å². The third-order valence-electron chi connectivity index (χ3n) is 4.56. The Labute approximate surface area is 163 Å². The van der Waals surface area contributed by atoms with Crippen molar-refractivity contribution in [2.24, 2.45) is 10.9 Å². The fourth-order valence-electron chi connectivity index (χ4n) is 2.93. The minimum Gasteiger partial charge on any atom is -0.497 e. The molecule has 1 amide bonds. The Morgan fingerprint density at radius 1 is 1.07 bits per heavy atom. The topological polar surface area (TPSA) is 80.4 Å². The number of carbonyl (C=O) groups is 1. The molecule has 2 aromatic carbocycles. The molecule has 0 spiro atoms. The quantitative estimate of drug-likeness (QED) is 0.465. The minimum absolute atomic E-state index is 0.0946. The Hall–Kier alpha value is -3.29. The highest BCUT2D eigenvalue weighted by Crippen LogP contribution is 2.20. The van der Waals surface area contributed by atoms with Gasteiger partial charge in [0.2, 0.25) is 0 Å². The van der Waals surface area contributed by atoms with E-state index in [2.05, 4.69) is 10.1 Å². The second kappa shape index (κ2) is 9.07. The molecule has 0 aliphatic carbocycles. The standard InChI is InChI=1S/C20H23FN4O3/c1-27-18-8-6-17(7-9-18)24-10-12-25(13-11-24)19(26)14-28-23-20(22)15-2-4-16(21)5-3-15/h2-9H,10-14H2,1H3,(H2,22,23). The number of amides is 1. The van der Waals surface area contributed by atoms with Gasteiger partial charge in [0, 0.05) is 37.4 Å². The summed E-state index contributed by atoms with van der Waals surface area (Å²) in [5.41, 5.74) is 7.40. The lowest BCUT2D eigenvalue weighted by Gasteiger charge is -2.35. The predicted molar refractivity (Wildman–Crippen MR) is 105 cm³/mol. The normalized spacial score (nSPS) is 14.7. The van der Waals surface area contributed by atoms with Crippen molar-refractivity contribution in [1.82, 2.24) is 4.90 Å². The number of methoxy groups -OCH3 is 1. The van der Waals surface area contributed by atoms with E-state index in [0.717, 1.165) is 24.5 Å². The van der Waals surface area contributed by atoms with Gasteiger partial charge in [-0.25, -0.2) is 4.39 Å². The molecule has 7 nitrogen and oxygen atoms in total. The first-order valence-electron chi connectivity index (χ1n) is 8.95. The zero-order valence-electron chi connectivity index (χ0n) is 15.7. The number of anilines is 1. The highest BCUT2D eigenvalue weighted by Gasteiger charge is 2.21. The molecule has 148 valence electrons. The van der Waals surface area contributed by atoms with Gasteiger partial charge in [0.25, 0.3) is 5.91 Å². The molecule has 0 aromatic heterocycles. The number of rotatable bonds is 6. The van der Waals surface area contributed by atoms with Crippen LogP contribution in [0.15, 0.2) is 53.7 Å². The van der Waals surface area contributed by atoms with Crippen molar-refractivity contribution in [3.8, 4) is 5.75 Å². The van der Waals surface area contributed by atoms with E-state index in [0.29, 0.717) is 18.7 Å². The lowest BCUT2D eigenvalue weighted by atomic mass is 10.2.